The minimum atomic E-state index is -3.48. The summed E-state index contributed by atoms with van der Waals surface area (Å²) in [6.07, 6.45) is 1.94. The first-order chi connectivity index (χ1) is 17.4. The van der Waals surface area contributed by atoms with Gasteiger partial charge in [-0.05, 0) is 43.3 Å². The molecule has 3 heterocycles. The summed E-state index contributed by atoms with van der Waals surface area (Å²) in [5, 5.41) is 10.3. The van der Waals surface area contributed by atoms with Gasteiger partial charge in [0, 0.05) is 18.7 Å². The summed E-state index contributed by atoms with van der Waals surface area (Å²) in [4.78, 5) is 8.88. The first-order valence-corrected chi connectivity index (χ1v) is 12.7. The highest BCUT2D eigenvalue weighted by atomic mass is 32.2. The third kappa shape index (κ3) is 4.57. The number of aromatic nitrogens is 4. The zero-order chi connectivity index (χ0) is 25.3. The third-order valence-corrected chi connectivity index (χ3v) is 8.06. The number of ether oxygens (including phenoxy) is 1. The summed E-state index contributed by atoms with van der Waals surface area (Å²) in [6.45, 7) is 1.16. The van der Waals surface area contributed by atoms with Gasteiger partial charge in [-0.1, -0.05) is 18.2 Å². The SMILES string of the molecule is CNCc1ccc(-c2nnc(-c3nc(-c4ccc(S(=O)(=O)C5CCOC5)cc4)cnc3N)o2)c(F)c1. The number of benzene rings is 2. The van der Waals surface area contributed by atoms with Crippen molar-refractivity contribution in [2.45, 2.75) is 23.1 Å². The van der Waals surface area contributed by atoms with Crippen molar-refractivity contribution < 1.29 is 22.0 Å². The number of anilines is 1. The van der Waals surface area contributed by atoms with E-state index in [0.29, 0.717) is 30.8 Å². The predicted octanol–water partition coefficient (Wildman–Crippen LogP) is 2.86. The second kappa shape index (κ2) is 9.72. The van der Waals surface area contributed by atoms with Crippen molar-refractivity contribution in [2.24, 2.45) is 0 Å². The molecule has 1 aliphatic rings. The molecular formula is C24H23FN6O4S. The maximum absolute atomic E-state index is 14.6. The lowest BCUT2D eigenvalue weighted by Gasteiger charge is -2.10. The Morgan fingerprint density at radius 1 is 1.14 bits per heavy atom. The largest absolute Gasteiger partial charge is 0.414 e. The molecular weight excluding hydrogens is 487 g/mol. The van der Waals surface area contributed by atoms with E-state index in [1.54, 1.807) is 31.3 Å². The second-order valence-electron chi connectivity index (χ2n) is 8.30. The molecule has 1 unspecified atom stereocenters. The Kier molecular flexibility index (Phi) is 6.48. The van der Waals surface area contributed by atoms with Gasteiger partial charge < -0.3 is 20.2 Å². The summed E-state index contributed by atoms with van der Waals surface area (Å²) in [5.74, 6) is -0.476. The fourth-order valence-electron chi connectivity index (χ4n) is 3.93. The summed E-state index contributed by atoms with van der Waals surface area (Å²) < 4.78 is 51.1. The molecule has 186 valence electrons. The lowest BCUT2D eigenvalue weighted by Crippen LogP contribution is -2.21. The maximum Gasteiger partial charge on any atom is 0.270 e. The Labute approximate surface area is 206 Å². The van der Waals surface area contributed by atoms with Crippen LogP contribution in [-0.2, 0) is 21.1 Å². The molecule has 3 N–H and O–H groups in total. The van der Waals surface area contributed by atoms with Crippen LogP contribution in [0.1, 0.15) is 12.0 Å². The zero-order valence-corrected chi connectivity index (χ0v) is 20.1. The lowest BCUT2D eigenvalue weighted by molar-refractivity contribution is 0.198. The van der Waals surface area contributed by atoms with Crippen LogP contribution in [0.2, 0.25) is 0 Å². The van der Waals surface area contributed by atoms with Crippen LogP contribution in [-0.4, -0.2) is 54.1 Å². The van der Waals surface area contributed by atoms with E-state index in [1.165, 1.54) is 24.4 Å². The van der Waals surface area contributed by atoms with Gasteiger partial charge in [-0.25, -0.2) is 22.8 Å². The van der Waals surface area contributed by atoms with Crippen molar-refractivity contribution in [3.8, 4) is 34.3 Å². The van der Waals surface area contributed by atoms with E-state index in [2.05, 4.69) is 25.5 Å². The number of nitrogen functional groups attached to an aromatic ring is 1. The smallest absolute Gasteiger partial charge is 0.270 e. The molecule has 36 heavy (non-hydrogen) atoms. The van der Waals surface area contributed by atoms with Gasteiger partial charge in [-0.3, -0.25) is 0 Å². The van der Waals surface area contributed by atoms with E-state index in [1.807, 2.05) is 0 Å². The van der Waals surface area contributed by atoms with Crippen molar-refractivity contribution in [3.05, 3.63) is 60.0 Å². The summed E-state index contributed by atoms with van der Waals surface area (Å²) >= 11 is 0. The maximum atomic E-state index is 14.6. The van der Waals surface area contributed by atoms with E-state index < -0.39 is 20.9 Å². The van der Waals surface area contributed by atoms with Crippen molar-refractivity contribution >= 4 is 15.7 Å². The molecule has 5 rings (SSSR count). The monoisotopic (exact) mass is 510 g/mol. The van der Waals surface area contributed by atoms with Crippen molar-refractivity contribution in [1.29, 1.82) is 0 Å². The number of nitrogens with two attached hydrogens (primary N) is 1. The number of nitrogens with zero attached hydrogens (tertiary/aromatic N) is 4. The number of sulfone groups is 1. The molecule has 1 atom stereocenters. The topological polar surface area (TPSA) is 146 Å². The van der Waals surface area contributed by atoms with E-state index >= 15 is 0 Å². The molecule has 2 aromatic heterocycles. The molecule has 0 radical (unpaired) electrons. The van der Waals surface area contributed by atoms with Gasteiger partial charge in [0.05, 0.1) is 34.2 Å². The highest BCUT2D eigenvalue weighted by Crippen LogP contribution is 2.30. The zero-order valence-electron chi connectivity index (χ0n) is 19.3. The molecule has 0 spiro atoms. The molecule has 1 saturated heterocycles. The van der Waals surface area contributed by atoms with Gasteiger partial charge in [-0.15, -0.1) is 10.2 Å². The number of rotatable bonds is 7. The highest BCUT2D eigenvalue weighted by Gasteiger charge is 2.31. The highest BCUT2D eigenvalue weighted by molar-refractivity contribution is 7.92. The van der Waals surface area contributed by atoms with Gasteiger partial charge in [0.1, 0.15) is 5.82 Å². The second-order valence-corrected chi connectivity index (χ2v) is 10.5. The van der Waals surface area contributed by atoms with Crippen LogP contribution in [0.15, 0.2) is 58.0 Å². The molecule has 4 aromatic rings. The van der Waals surface area contributed by atoms with E-state index in [4.69, 9.17) is 14.9 Å². The van der Waals surface area contributed by atoms with E-state index in [9.17, 15) is 12.8 Å². The van der Waals surface area contributed by atoms with Gasteiger partial charge in [-0.2, -0.15) is 0 Å². The van der Waals surface area contributed by atoms with Crippen LogP contribution in [0.3, 0.4) is 0 Å². The Hall–Kier alpha value is -3.74. The minimum absolute atomic E-state index is 0.0176. The molecule has 10 nitrogen and oxygen atoms in total. The number of halogens is 1. The molecule has 1 aliphatic heterocycles. The van der Waals surface area contributed by atoms with Crippen LogP contribution in [0, 0.1) is 5.82 Å². The number of nitrogens with one attached hydrogen (secondary N) is 1. The summed E-state index contributed by atoms with van der Waals surface area (Å²) in [5.41, 5.74) is 8.12. The standard InChI is InChI=1S/C24H23FN6O4S/c1-27-11-14-2-7-18(19(25)10-14)23-30-31-24(35-23)21-22(26)28-12-20(29-21)15-3-5-16(6-4-15)36(32,33)17-8-9-34-13-17/h2-7,10,12,17,27H,8-9,11,13H2,1H3,(H2,26,28). The Morgan fingerprint density at radius 3 is 2.61 bits per heavy atom. The molecule has 0 bridgehead atoms. The van der Waals surface area contributed by atoms with Gasteiger partial charge >= 0.3 is 0 Å². The van der Waals surface area contributed by atoms with Crippen LogP contribution in [0.4, 0.5) is 10.2 Å². The summed E-state index contributed by atoms with van der Waals surface area (Å²) in [6, 6.07) is 11.1. The van der Waals surface area contributed by atoms with Crippen LogP contribution in [0.25, 0.3) is 34.3 Å². The number of hydrogen-bond acceptors (Lipinski definition) is 10. The van der Waals surface area contributed by atoms with Crippen molar-refractivity contribution in [3.63, 3.8) is 0 Å². The molecule has 0 amide bonds. The quantitative estimate of drug-likeness (QED) is 0.380. The number of hydrogen-bond donors (Lipinski definition) is 2. The van der Waals surface area contributed by atoms with Crippen LogP contribution in [0.5, 0.6) is 0 Å². The lowest BCUT2D eigenvalue weighted by atomic mass is 10.1. The normalized spacial score (nSPS) is 15.9. The Morgan fingerprint density at radius 2 is 1.92 bits per heavy atom. The average molecular weight is 511 g/mol. The van der Waals surface area contributed by atoms with Crippen molar-refractivity contribution in [1.82, 2.24) is 25.5 Å². The van der Waals surface area contributed by atoms with Gasteiger partial charge in [0.2, 0.25) is 0 Å². The molecule has 0 saturated carbocycles. The Balaban J connectivity index is 1.42. The fourth-order valence-corrected chi connectivity index (χ4v) is 5.52. The third-order valence-electron chi connectivity index (χ3n) is 5.88. The van der Waals surface area contributed by atoms with Gasteiger partial charge in [0.25, 0.3) is 11.8 Å². The Bertz CT molecular complexity index is 1500. The molecule has 12 heteroatoms. The van der Waals surface area contributed by atoms with Crippen molar-refractivity contribution in [2.75, 3.05) is 26.0 Å². The predicted molar refractivity (Wildman–Crippen MR) is 130 cm³/mol. The first-order valence-electron chi connectivity index (χ1n) is 11.2. The molecule has 0 aliphatic carbocycles. The molecule has 1 fully saturated rings. The van der Waals surface area contributed by atoms with Gasteiger partial charge in [0.15, 0.2) is 21.3 Å². The first kappa shape index (κ1) is 24.0. The minimum Gasteiger partial charge on any atom is -0.414 e. The van der Waals surface area contributed by atoms with E-state index in [-0.39, 0.29) is 40.4 Å². The van der Waals surface area contributed by atoms with Crippen LogP contribution >= 0.6 is 0 Å². The average Bonchev–Trinajstić information content (AvgIpc) is 3.58. The summed E-state index contributed by atoms with van der Waals surface area (Å²) in [7, 11) is -1.70. The van der Waals surface area contributed by atoms with E-state index in [0.717, 1.165) is 5.56 Å². The molecule has 2 aromatic carbocycles. The van der Waals surface area contributed by atoms with Crippen LogP contribution < -0.4 is 11.1 Å². The fraction of sp³-hybridized carbons (Fsp3) is 0.250.